The molecule has 0 N–H and O–H groups in total. The van der Waals surface area contributed by atoms with Crippen LogP contribution in [0.25, 0.3) is 105 Å². The van der Waals surface area contributed by atoms with E-state index in [4.69, 9.17) is 0 Å². The van der Waals surface area contributed by atoms with E-state index in [-0.39, 0.29) is 0 Å². The van der Waals surface area contributed by atoms with Gasteiger partial charge in [0.05, 0.1) is 33.1 Å². The van der Waals surface area contributed by atoms with E-state index in [1.54, 1.807) is 0 Å². The molecule has 0 saturated heterocycles. The van der Waals surface area contributed by atoms with Crippen LogP contribution < -0.4 is 0 Å². The molecule has 0 aliphatic rings. The van der Waals surface area contributed by atoms with Gasteiger partial charge in [-0.3, -0.25) is 0 Å². The van der Waals surface area contributed by atoms with Gasteiger partial charge in [0.2, 0.25) is 0 Å². The van der Waals surface area contributed by atoms with Crippen molar-refractivity contribution in [3.8, 4) is 39.3 Å². The van der Waals surface area contributed by atoms with Gasteiger partial charge in [-0.25, -0.2) is 0 Å². The lowest BCUT2D eigenvalue weighted by atomic mass is 10.0. The van der Waals surface area contributed by atoms with E-state index in [1.165, 1.54) is 93.4 Å². The molecular formula is C54H35N3. The van der Waals surface area contributed by atoms with E-state index in [9.17, 15) is 0 Å². The van der Waals surface area contributed by atoms with Crippen LogP contribution in [0, 0.1) is 0 Å². The van der Waals surface area contributed by atoms with E-state index in [2.05, 4.69) is 226 Å². The molecule has 0 bridgehead atoms. The minimum atomic E-state index is 1.14. The van der Waals surface area contributed by atoms with Crippen molar-refractivity contribution >= 4 is 65.4 Å². The first-order valence-corrected chi connectivity index (χ1v) is 19.6. The zero-order valence-electron chi connectivity index (χ0n) is 31.0. The molecule has 9 aromatic carbocycles. The lowest BCUT2D eigenvalue weighted by Crippen LogP contribution is -1.96. The smallest absolute Gasteiger partial charge is 0.0562 e. The first-order valence-electron chi connectivity index (χ1n) is 19.6. The van der Waals surface area contributed by atoms with Crippen molar-refractivity contribution in [3.05, 3.63) is 212 Å². The van der Waals surface area contributed by atoms with Gasteiger partial charge in [-0.15, -0.1) is 0 Å². The number of nitrogens with zero attached hydrogens (tertiary/aromatic N) is 3. The fourth-order valence-corrected chi connectivity index (χ4v) is 9.23. The van der Waals surface area contributed by atoms with Gasteiger partial charge >= 0.3 is 0 Å². The fraction of sp³-hybridized carbons (Fsp3) is 0. The van der Waals surface area contributed by atoms with Gasteiger partial charge in [0.15, 0.2) is 0 Å². The summed E-state index contributed by atoms with van der Waals surface area (Å²) in [5.41, 5.74) is 15.5. The average Bonchev–Trinajstić information content (AvgIpc) is 3.91. The monoisotopic (exact) mass is 725 g/mol. The predicted molar refractivity (Wildman–Crippen MR) is 240 cm³/mol. The van der Waals surface area contributed by atoms with Gasteiger partial charge in [0.1, 0.15) is 0 Å². The Hall–Kier alpha value is -7.62. The SMILES string of the molecule is c1ccc(-c2ccc(-n3c4ccccc4c4cc5c6ccccc6n(-c6ccc(-c7ccc8c(c7)c7ccccc7n8-c7ccccc7)cc6)c5cc43)cc2)cc1. The molecule has 0 radical (unpaired) electrons. The number of benzene rings is 9. The standard InChI is InChI=1S/C54H35N3/c1-3-13-36(14-4-1)37-23-28-41(29-24-37)56-50-21-11-8-18-44(50)47-34-48-45-19-9-12-22-51(45)57(54(48)35-53(47)56)42-30-25-38(26-31-42)39-27-32-52-46(33-39)43-17-7-10-20-49(43)55(52)40-15-5-2-6-16-40/h1-35H. The largest absolute Gasteiger partial charge is 0.309 e. The molecule has 3 nitrogen and oxygen atoms in total. The zero-order chi connectivity index (χ0) is 37.5. The quantitative estimate of drug-likeness (QED) is 0.168. The number of fused-ring (bicyclic) bond motifs is 9. The Morgan fingerprint density at radius 3 is 1.07 bits per heavy atom. The molecule has 0 amide bonds. The van der Waals surface area contributed by atoms with Gasteiger partial charge in [-0.05, 0) is 101 Å². The van der Waals surface area contributed by atoms with Crippen LogP contribution in [0.1, 0.15) is 0 Å². The molecule has 3 heteroatoms. The van der Waals surface area contributed by atoms with Crippen LogP contribution in [0.15, 0.2) is 212 Å². The Bertz CT molecular complexity index is 3470. The highest BCUT2D eigenvalue weighted by Crippen LogP contribution is 2.41. The van der Waals surface area contributed by atoms with E-state index in [0.717, 1.165) is 11.4 Å². The summed E-state index contributed by atoms with van der Waals surface area (Å²) in [6.45, 7) is 0. The van der Waals surface area contributed by atoms with Crippen molar-refractivity contribution in [3.63, 3.8) is 0 Å². The minimum absolute atomic E-state index is 1.14. The van der Waals surface area contributed by atoms with Gasteiger partial charge in [-0.1, -0.05) is 133 Å². The maximum absolute atomic E-state index is 2.44. The highest BCUT2D eigenvalue weighted by Gasteiger charge is 2.19. The summed E-state index contributed by atoms with van der Waals surface area (Å²) >= 11 is 0. The third-order valence-corrected chi connectivity index (χ3v) is 11.8. The molecule has 0 aliphatic heterocycles. The second-order valence-electron chi connectivity index (χ2n) is 15.0. The Balaban J connectivity index is 1.01. The van der Waals surface area contributed by atoms with Gasteiger partial charge in [0.25, 0.3) is 0 Å². The second-order valence-corrected chi connectivity index (χ2v) is 15.0. The first kappa shape index (κ1) is 31.7. The molecule has 0 fully saturated rings. The number of hydrogen-bond donors (Lipinski definition) is 0. The van der Waals surface area contributed by atoms with Crippen LogP contribution in [0.2, 0.25) is 0 Å². The van der Waals surface area contributed by atoms with Gasteiger partial charge in [0, 0.05) is 49.4 Å². The van der Waals surface area contributed by atoms with Crippen molar-refractivity contribution in [1.29, 1.82) is 0 Å². The zero-order valence-corrected chi connectivity index (χ0v) is 31.0. The summed E-state index contributed by atoms with van der Waals surface area (Å²) in [5.74, 6) is 0. The number of hydrogen-bond acceptors (Lipinski definition) is 0. The summed E-state index contributed by atoms with van der Waals surface area (Å²) in [6.07, 6.45) is 0. The molecule has 57 heavy (non-hydrogen) atoms. The Labute approximate surface area is 329 Å². The number of aromatic nitrogens is 3. The molecule has 12 aromatic rings. The molecular weight excluding hydrogens is 691 g/mol. The second kappa shape index (κ2) is 12.5. The van der Waals surface area contributed by atoms with Crippen molar-refractivity contribution < 1.29 is 0 Å². The Kier molecular flexibility index (Phi) is 6.93. The molecule has 0 saturated carbocycles. The van der Waals surface area contributed by atoms with Crippen LogP contribution in [0.3, 0.4) is 0 Å². The van der Waals surface area contributed by atoms with E-state index in [1.807, 2.05) is 0 Å². The third kappa shape index (κ3) is 4.86. The molecule has 0 spiro atoms. The summed E-state index contributed by atoms with van der Waals surface area (Å²) in [4.78, 5) is 0. The third-order valence-electron chi connectivity index (χ3n) is 11.8. The molecule has 0 aliphatic carbocycles. The fourth-order valence-electron chi connectivity index (χ4n) is 9.23. The normalized spacial score (nSPS) is 11.9. The first-order chi connectivity index (χ1) is 28.3. The lowest BCUT2D eigenvalue weighted by molar-refractivity contribution is 1.16. The van der Waals surface area contributed by atoms with Gasteiger partial charge < -0.3 is 13.7 Å². The van der Waals surface area contributed by atoms with Gasteiger partial charge in [-0.2, -0.15) is 0 Å². The van der Waals surface area contributed by atoms with E-state index < -0.39 is 0 Å². The summed E-state index contributed by atoms with van der Waals surface area (Å²) in [7, 11) is 0. The number of rotatable bonds is 5. The van der Waals surface area contributed by atoms with Crippen LogP contribution in [0.4, 0.5) is 0 Å². The molecule has 266 valence electrons. The van der Waals surface area contributed by atoms with Crippen LogP contribution in [0.5, 0.6) is 0 Å². The van der Waals surface area contributed by atoms with E-state index in [0.29, 0.717) is 0 Å². The highest BCUT2D eigenvalue weighted by molar-refractivity contribution is 6.19. The van der Waals surface area contributed by atoms with Crippen LogP contribution in [-0.4, -0.2) is 13.7 Å². The topological polar surface area (TPSA) is 14.8 Å². The maximum Gasteiger partial charge on any atom is 0.0562 e. The minimum Gasteiger partial charge on any atom is -0.309 e. The summed E-state index contributed by atoms with van der Waals surface area (Å²) in [6, 6.07) is 77.4. The Morgan fingerprint density at radius 1 is 0.193 bits per heavy atom. The Morgan fingerprint density at radius 2 is 0.544 bits per heavy atom. The van der Waals surface area contributed by atoms with Crippen molar-refractivity contribution in [2.45, 2.75) is 0 Å². The lowest BCUT2D eigenvalue weighted by Gasteiger charge is -2.12. The van der Waals surface area contributed by atoms with Crippen molar-refractivity contribution in [1.82, 2.24) is 13.7 Å². The number of para-hydroxylation sites is 4. The van der Waals surface area contributed by atoms with E-state index >= 15 is 0 Å². The molecule has 3 heterocycles. The van der Waals surface area contributed by atoms with Crippen molar-refractivity contribution in [2.75, 3.05) is 0 Å². The predicted octanol–water partition coefficient (Wildman–Crippen LogP) is 14.3. The summed E-state index contributed by atoms with van der Waals surface area (Å²) in [5, 5.41) is 7.54. The average molecular weight is 726 g/mol. The molecule has 3 aromatic heterocycles. The molecule has 0 atom stereocenters. The van der Waals surface area contributed by atoms with Crippen LogP contribution >= 0.6 is 0 Å². The molecule has 0 unspecified atom stereocenters. The van der Waals surface area contributed by atoms with Crippen molar-refractivity contribution in [2.24, 2.45) is 0 Å². The maximum atomic E-state index is 2.44. The van der Waals surface area contributed by atoms with Crippen LogP contribution in [-0.2, 0) is 0 Å². The summed E-state index contributed by atoms with van der Waals surface area (Å²) < 4.78 is 7.23. The highest BCUT2D eigenvalue weighted by atomic mass is 15.0. The molecule has 12 rings (SSSR count).